The number of aromatic nitrogens is 1. The van der Waals surface area contributed by atoms with Crippen LogP contribution in [0.4, 0.5) is 0 Å². The quantitative estimate of drug-likeness (QED) is 0.817. The molecule has 0 spiro atoms. The van der Waals surface area contributed by atoms with Crippen LogP contribution in [0.1, 0.15) is 31.0 Å². The van der Waals surface area contributed by atoms with E-state index in [0.717, 1.165) is 29.7 Å². The standard InChI is InChI=1S/C20H20N2O2/c1-15(23)20(24)22-13-10-17(11-14-22)19(16-7-3-2-4-8-16)18-9-5-6-12-21-18/h2-9,12H,10-11,13-14H2,1H3. The number of amides is 1. The first-order valence-corrected chi connectivity index (χ1v) is 8.15. The number of benzene rings is 1. The van der Waals surface area contributed by atoms with Crippen LogP contribution in [0.25, 0.3) is 5.57 Å². The fourth-order valence-corrected chi connectivity index (χ4v) is 3.10. The summed E-state index contributed by atoms with van der Waals surface area (Å²) in [5, 5.41) is 0. The maximum absolute atomic E-state index is 11.9. The molecule has 1 aromatic carbocycles. The van der Waals surface area contributed by atoms with Crippen LogP contribution in [0.5, 0.6) is 0 Å². The number of Topliss-reactive ketones (excluding diaryl/α,β-unsaturated/α-hetero) is 1. The number of carbonyl (C=O) groups excluding carboxylic acids is 2. The van der Waals surface area contributed by atoms with Crippen molar-refractivity contribution in [2.24, 2.45) is 0 Å². The number of likely N-dealkylation sites (tertiary alicyclic amines) is 1. The molecule has 0 bridgehead atoms. The Balaban J connectivity index is 1.94. The van der Waals surface area contributed by atoms with Gasteiger partial charge in [0.2, 0.25) is 5.78 Å². The fraction of sp³-hybridized carbons (Fsp3) is 0.250. The van der Waals surface area contributed by atoms with E-state index in [4.69, 9.17) is 0 Å². The molecule has 122 valence electrons. The molecule has 1 amide bonds. The number of piperidine rings is 1. The van der Waals surface area contributed by atoms with E-state index in [-0.39, 0.29) is 5.91 Å². The molecule has 1 fully saturated rings. The van der Waals surface area contributed by atoms with Gasteiger partial charge in [0.05, 0.1) is 5.69 Å². The molecular weight excluding hydrogens is 300 g/mol. The summed E-state index contributed by atoms with van der Waals surface area (Å²) in [5.74, 6) is -0.774. The number of carbonyl (C=O) groups is 2. The van der Waals surface area contributed by atoms with Gasteiger partial charge in [-0.05, 0) is 30.5 Å². The Morgan fingerprint density at radius 2 is 1.62 bits per heavy atom. The highest BCUT2D eigenvalue weighted by molar-refractivity contribution is 6.35. The second kappa shape index (κ2) is 7.21. The minimum atomic E-state index is -0.393. The van der Waals surface area contributed by atoms with E-state index in [0.29, 0.717) is 13.1 Å². The van der Waals surface area contributed by atoms with Gasteiger partial charge < -0.3 is 4.90 Å². The molecule has 24 heavy (non-hydrogen) atoms. The predicted molar refractivity (Wildman–Crippen MR) is 93.2 cm³/mol. The normalized spacial score (nSPS) is 14.4. The molecule has 0 atom stereocenters. The van der Waals surface area contributed by atoms with Crippen molar-refractivity contribution in [1.82, 2.24) is 9.88 Å². The van der Waals surface area contributed by atoms with Gasteiger partial charge in [-0.1, -0.05) is 42.0 Å². The van der Waals surface area contributed by atoms with Crippen LogP contribution in [-0.2, 0) is 9.59 Å². The summed E-state index contributed by atoms with van der Waals surface area (Å²) in [5.41, 5.74) is 4.52. The third-order valence-electron chi connectivity index (χ3n) is 4.29. The lowest BCUT2D eigenvalue weighted by atomic mass is 9.90. The van der Waals surface area contributed by atoms with Gasteiger partial charge in [0.15, 0.2) is 0 Å². The molecule has 0 unspecified atom stereocenters. The highest BCUT2D eigenvalue weighted by Gasteiger charge is 2.24. The molecule has 1 aliphatic heterocycles. The molecule has 4 heteroatoms. The fourth-order valence-electron chi connectivity index (χ4n) is 3.10. The molecule has 0 radical (unpaired) electrons. The first-order valence-electron chi connectivity index (χ1n) is 8.15. The van der Waals surface area contributed by atoms with Gasteiger partial charge in [-0.15, -0.1) is 0 Å². The number of hydrogen-bond acceptors (Lipinski definition) is 3. The van der Waals surface area contributed by atoms with Crippen molar-refractivity contribution < 1.29 is 9.59 Å². The topological polar surface area (TPSA) is 50.3 Å². The van der Waals surface area contributed by atoms with Gasteiger partial charge in [-0.2, -0.15) is 0 Å². The van der Waals surface area contributed by atoms with Gasteiger partial charge in [0, 0.05) is 31.8 Å². The van der Waals surface area contributed by atoms with Crippen LogP contribution in [0.15, 0.2) is 60.3 Å². The number of ketones is 1. The monoisotopic (exact) mass is 320 g/mol. The average Bonchev–Trinajstić information content (AvgIpc) is 2.64. The maximum atomic E-state index is 11.9. The molecule has 0 saturated carbocycles. The molecule has 2 aromatic rings. The highest BCUT2D eigenvalue weighted by Crippen LogP contribution is 2.31. The predicted octanol–water partition coefficient (Wildman–Crippen LogP) is 3.09. The van der Waals surface area contributed by atoms with Crippen LogP contribution in [0, 0.1) is 0 Å². The van der Waals surface area contributed by atoms with Crippen molar-refractivity contribution >= 4 is 17.3 Å². The van der Waals surface area contributed by atoms with Gasteiger partial charge in [-0.25, -0.2) is 0 Å². The Morgan fingerprint density at radius 1 is 0.958 bits per heavy atom. The van der Waals surface area contributed by atoms with Crippen LogP contribution in [0.3, 0.4) is 0 Å². The van der Waals surface area contributed by atoms with E-state index in [1.165, 1.54) is 12.5 Å². The molecule has 1 saturated heterocycles. The Hall–Kier alpha value is -2.75. The van der Waals surface area contributed by atoms with Crippen LogP contribution in [-0.4, -0.2) is 34.7 Å². The number of pyridine rings is 1. The highest BCUT2D eigenvalue weighted by atomic mass is 16.2. The number of hydrogen-bond donors (Lipinski definition) is 0. The van der Waals surface area contributed by atoms with E-state index in [1.807, 2.05) is 36.4 Å². The lowest BCUT2D eigenvalue weighted by molar-refractivity contribution is -0.143. The minimum Gasteiger partial charge on any atom is -0.335 e. The van der Waals surface area contributed by atoms with Crippen molar-refractivity contribution in [3.63, 3.8) is 0 Å². The summed E-state index contributed by atoms with van der Waals surface area (Å²) >= 11 is 0. The van der Waals surface area contributed by atoms with Crippen molar-refractivity contribution in [2.75, 3.05) is 13.1 Å². The number of nitrogens with zero attached hydrogens (tertiary/aromatic N) is 2. The van der Waals surface area contributed by atoms with Crippen molar-refractivity contribution in [2.45, 2.75) is 19.8 Å². The SMILES string of the molecule is CC(=O)C(=O)N1CCC(=C(c2ccccc2)c2ccccn2)CC1. The Morgan fingerprint density at radius 3 is 2.21 bits per heavy atom. The molecule has 0 aliphatic carbocycles. The van der Waals surface area contributed by atoms with Crippen LogP contribution >= 0.6 is 0 Å². The molecule has 4 nitrogen and oxygen atoms in total. The van der Waals surface area contributed by atoms with E-state index < -0.39 is 5.78 Å². The lowest BCUT2D eigenvalue weighted by Crippen LogP contribution is -2.39. The van der Waals surface area contributed by atoms with Crippen LogP contribution in [0.2, 0.25) is 0 Å². The van der Waals surface area contributed by atoms with E-state index >= 15 is 0 Å². The largest absolute Gasteiger partial charge is 0.335 e. The summed E-state index contributed by atoms with van der Waals surface area (Å²) in [7, 11) is 0. The molecular formula is C20H20N2O2. The summed E-state index contributed by atoms with van der Waals surface area (Å²) in [4.78, 5) is 29.3. The zero-order valence-electron chi connectivity index (χ0n) is 13.7. The molecule has 0 N–H and O–H groups in total. The lowest BCUT2D eigenvalue weighted by Gasteiger charge is -2.29. The Kier molecular flexibility index (Phi) is 4.85. The first kappa shape index (κ1) is 16.1. The smallest absolute Gasteiger partial charge is 0.289 e. The second-order valence-corrected chi connectivity index (χ2v) is 5.91. The third-order valence-corrected chi connectivity index (χ3v) is 4.29. The zero-order chi connectivity index (χ0) is 16.9. The maximum Gasteiger partial charge on any atom is 0.289 e. The van der Waals surface area contributed by atoms with Gasteiger partial charge in [0.1, 0.15) is 0 Å². The van der Waals surface area contributed by atoms with Crippen molar-refractivity contribution in [3.8, 4) is 0 Å². The summed E-state index contributed by atoms with van der Waals surface area (Å²) in [6, 6.07) is 16.1. The van der Waals surface area contributed by atoms with Crippen molar-refractivity contribution in [3.05, 3.63) is 71.6 Å². The second-order valence-electron chi connectivity index (χ2n) is 5.91. The van der Waals surface area contributed by atoms with Crippen LogP contribution < -0.4 is 0 Å². The average molecular weight is 320 g/mol. The third kappa shape index (κ3) is 3.43. The zero-order valence-corrected chi connectivity index (χ0v) is 13.7. The first-order chi connectivity index (χ1) is 11.7. The summed E-state index contributed by atoms with van der Waals surface area (Å²) in [6.07, 6.45) is 3.33. The summed E-state index contributed by atoms with van der Waals surface area (Å²) < 4.78 is 0. The number of rotatable bonds is 3. The van der Waals surface area contributed by atoms with E-state index in [1.54, 1.807) is 11.1 Å². The summed E-state index contributed by atoms with van der Waals surface area (Å²) in [6.45, 7) is 2.49. The molecule has 3 rings (SSSR count). The van der Waals surface area contributed by atoms with Gasteiger partial charge in [0.25, 0.3) is 5.91 Å². The molecule has 2 heterocycles. The van der Waals surface area contributed by atoms with Crippen molar-refractivity contribution in [1.29, 1.82) is 0 Å². The molecule has 1 aliphatic rings. The molecule has 1 aromatic heterocycles. The Labute approximate surface area is 141 Å². The minimum absolute atomic E-state index is 0.381. The van der Waals surface area contributed by atoms with Gasteiger partial charge in [-0.3, -0.25) is 14.6 Å². The van der Waals surface area contributed by atoms with Gasteiger partial charge >= 0.3 is 0 Å². The van der Waals surface area contributed by atoms with E-state index in [2.05, 4.69) is 17.1 Å². The van der Waals surface area contributed by atoms with E-state index in [9.17, 15) is 9.59 Å². The Bertz CT molecular complexity index is 715.